The molecule has 0 aliphatic heterocycles. The van der Waals surface area contributed by atoms with Crippen molar-refractivity contribution in [2.75, 3.05) is 0 Å². The van der Waals surface area contributed by atoms with E-state index in [2.05, 4.69) is 13.2 Å². The number of fused-ring (bicyclic) bond motifs is 2. The van der Waals surface area contributed by atoms with Gasteiger partial charge in [-0.2, -0.15) is 0 Å². The highest BCUT2D eigenvalue weighted by Crippen LogP contribution is 2.24. The number of carbonyl (C=O) groups is 2. The number of halogens is 1. The number of phenols is 1. The minimum Gasteiger partial charge on any atom is -0.508 e. The van der Waals surface area contributed by atoms with Gasteiger partial charge in [-0.3, -0.25) is 14.4 Å². The summed E-state index contributed by atoms with van der Waals surface area (Å²) < 4.78 is 16.1. The second-order valence-electron chi connectivity index (χ2n) is 10.3. The summed E-state index contributed by atoms with van der Waals surface area (Å²) in [5.41, 5.74) is 3.84. The highest BCUT2D eigenvalue weighted by Gasteiger charge is 2.12. The third-order valence-electron chi connectivity index (χ3n) is 6.57. The molecule has 8 nitrogen and oxygen atoms in total. The van der Waals surface area contributed by atoms with Crippen molar-refractivity contribution in [3.63, 3.8) is 0 Å². The van der Waals surface area contributed by atoms with Crippen molar-refractivity contribution in [1.29, 1.82) is 0 Å². The number of hydrogen-bond donors (Lipinski definition) is 1. The molecule has 0 amide bonds. The van der Waals surface area contributed by atoms with Gasteiger partial charge in [0.1, 0.15) is 35.2 Å². The van der Waals surface area contributed by atoms with Crippen LogP contribution >= 0.6 is 11.6 Å². The Kier molecular flexibility index (Phi) is 11.1. The minimum atomic E-state index is -0.521. The first-order valence-corrected chi connectivity index (χ1v) is 14.5. The quantitative estimate of drug-likeness (QED) is 0.0855. The first-order chi connectivity index (χ1) is 22.5. The number of aromatic hydroxyl groups is 1. The maximum atomic E-state index is 12.6. The third kappa shape index (κ3) is 8.59. The molecule has 6 rings (SSSR count). The van der Waals surface area contributed by atoms with Crippen LogP contribution in [0.3, 0.4) is 0 Å². The largest absolute Gasteiger partial charge is 0.508 e. The lowest BCUT2D eigenvalue weighted by molar-refractivity contribution is -0.130. The number of ether oxygens (including phenoxy) is 1. The predicted octanol–water partition coefficient (Wildman–Crippen LogP) is 8.44. The van der Waals surface area contributed by atoms with Crippen molar-refractivity contribution in [2.24, 2.45) is 0 Å². The molecule has 0 saturated carbocycles. The van der Waals surface area contributed by atoms with Gasteiger partial charge in [-0.1, -0.05) is 73.8 Å². The smallest absolute Gasteiger partial charge is 0.338 e. The molecule has 0 bridgehead atoms. The fourth-order valence-electron chi connectivity index (χ4n) is 4.12. The maximum Gasteiger partial charge on any atom is 0.338 e. The lowest BCUT2D eigenvalue weighted by Crippen LogP contribution is -2.09. The van der Waals surface area contributed by atoms with E-state index in [0.29, 0.717) is 50.0 Å². The van der Waals surface area contributed by atoms with Crippen LogP contribution in [-0.4, -0.2) is 16.3 Å². The van der Waals surface area contributed by atoms with Gasteiger partial charge in [-0.05, 0) is 60.8 Å². The van der Waals surface area contributed by atoms with E-state index in [1.54, 1.807) is 32.0 Å². The van der Waals surface area contributed by atoms with Gasteiger partial charge in [0.15, 0.2) is 10.9 Å². The summed E-state index contributed by atoms with van der Waals surface area (Å²) >= 11 is 4.87. The molecule has 0 aliphatic rings. The zero-order chi connectivity index (χ0) is 34.1. The Morgan fingerprint density at radius 2 is 1.13 bits per heavy atom. The van der Waals surface area contributed by atoms with E-state index >= 15 is 0 Å². The van der Waals surface area contributed by atoms with Gasteiger partial charge in [0.05, 0.1) is 21.9 Å². The van der Waals surface area contributed by atoms with Crippen molar-refractivity contribution >= 4 is 44.8 Å². The molecule has 236 valence electrons. The summed E-state index contributed by atoms with van der Waals surface area (Å²) in [5.74, 6) is -0.133. The van der Waals surface area contributed by atoms with Crippen LogP contribution in [0.25, 0.3) is 44.2 Å². The molecule has 0 unspecified atom stereocenters. The molecule has 9 heteroatoms. The maximum absolute atomic E-state index is 12.6. The molecule has 1 N–H and O–H groups in total. The highest BCUT2D eigenvalue weighted by molar-refractivity contribution is 6.67. The summed E-state index contributed by atoms with van der Waals surface area (Å²) in [7, 11) is 0. The molecule has 0 aliphatic carbocycles. The van der Waals surface area contributed by atoms with Crippen LogP contribution in [0.5, 0.6) is 11.5 Å². The van der Waals surface area contributed by atoms with Crippen molar-refractivity contribution in [1.82, 2.24) is 0 Å². The Bertz CT molecular complexity index is 2200. The van der Waals surface area contributed by atoms with Gasteiger partial charge in [0, 0.05) is 23.3 Å². The average molecular weight is 649 g/mol. The molecular formula is C38H29ClO8. The van der Waals surface area contributed by atoms with Gasteiger partial charge in [-0.15, -0.1) is 0 Å². The van der Waals surface area contributed by atoms with Gasteiger partial charge < -0.3 is 18.7 Å². The number of benzene rings is 4. The lowest BCUT2D eigenvalue weighted by Gasteiger charge is -2.06. The van der Waals surface area contributed by atoms with Gasteiger partial charge in [0.25, 0.3) is 0 Å². The van der Waals surface area contributed by atoms with E-state index in [-0.39, 0.29) is 16.6 Å². The molecule has 6 aromatic rings. The van der Waals surface area contributed by atoms with Crippen LogP contribution < -0.4 is 15.6 Å². The molecule has 2 heterocycles. The molecular weight excluding hydrogens is 620 g/mol. The SMILES string of the molecule is C=C(C)C(=O)Cl.C=C(C)C(=O)Oc1ccc2c(=O)c(-c3ccccc3)coc2c1.O=c1c(-c2ccccc2)coc2cc(O)ccc12. The predicted molar refractivity (Wildman–Crippen MR) is 184 cm³/mol. The van der Waals surface area contributed by atoms with Crippen molar-refractivity contribution in [2.45, 2.75) is 13.8 Å². The second kappa shape index (κ2) is 15.3. The molecule has 0 fully saturated rings. The number of hydrogen-bond acceptors (Lipinski definition) is 8. The second-order valence-corrected chi connectivity index (χ2v) is 10.6. The molecule has 0 atom stereocenters. The van der Waals surface area contributed by atoms with Crippen LogP contribution in [-0.2, 0) is 9.59 Å². The topological polar surface area (TPSA) is 124 Å². The molecule has 0 radical (unpaired) electrons. The molecule has 0 spiro atoms. The Balaban J connectivity index is 0.000000185. The van der Waals surface area contributed by atoms with E-state index in [1.165, 1.54) is 30.7 Å². The Hall–Kier alpha value is -5.99. The van der Waals surface area contributed by atoms with E-state index < -0.39 is 11.2 Å². The lowest BCUT2D eigenvalue weighted by atomic mass is 10.1. The fraction of sp³-hybridized carbons (Fsp3) is 0.0526. The summed E-state index contributed by atoms with van der Waals surface area (Å²) in [6, 6.07) is 27.8. The fourth-order valence-corrected chi connectivity index (χ4v) is 4.12. The van der Waals surface area contributed by atoms with E-state index in [0.717, 1.165) is 11.1 Å². The molecule has 4 aromatic carbocycles. The van der Waals surface area contributed by atoms with Crippen LogP contribution in [0.4, 0.5) is 0 Å². The number of phenolic OH excluding ortho intramolecular Hbond substituents is 1. The highest BCUT2D eigenvalue weighted by atomic mass is 35.5. The van der Waals surface area contributed by atoms with Crippen LogP contribution in [0.2, 0.25) is 0 Å². The van der Waals surface area contributed by atoms with Crippen molar-refractivity contribution < 1.29 is 28.3 Å². The van der Waals surface area contributed by atoms with E-state index in [1.807, 2.05) is 60.7 Å². The first-order valence-electron chi connectivity index (χ1n) is 14.1. The number of carbonyl (C=O) groups excluding carboxylic acids is 2. The number of rotatable bonds is 5. The van der Waals surface area contributed by atoms with Gasteiger partial charge in [0.2, 0.25) is 5.24 Å². The van der Waals surface area contributed by atoms with Gasteiger partial charge >= 0.3 is 5.97 Å². The Morgan fingerprint density at radius 3 is 1.57 bits per heavy atom. The molecule has 47 heavy (non-hydrogen) atoms. The van der Waals surface area contributed by atoms with E-state index in [4.69, 9.17) is 25.2 Å². The summed E-state index contributed by atoms with van der Waals surface area (Å²) in [6.07, 6.45) is 2.85. The standard InChI is InChI=1S/C19H14O4.C15H10O3.C4H5ClO/c1-12(2)19(21)23-14-8-9-15-17(10-14)22-11-16(18(15)20)13-6-4-3-5-7-13;16-11-6-7-12-14(8-11)18-9-13(15(12)17)10-4-2-1-3-5-10;1-3(2)4(5)6/h3-11H,1H2,2H3;1-9,16H;1H2,2H3. The van der Waals surface area contributed by atoms with Crippen molar-refractivity contribution in [3.05, 3.63) is 154 Å². The van der Waals surface area contributed by atoms with Crippen LogP contribution in [0.15, 0.2) is 152 Å². The van der Waals surface area contributed by atoms with Gasteiger partial charge in [-0.25, -0.2) is 4.79 Å². The third-order valence-corrected chi connectivity index (χ3v) is 6.89. The Labute approximate surface area is 274 Å². The zero-order valence-electron chi connectivity index (χ0n) is 25.5. The minimum absolute atomic E-state index is 0.0816. The number of allylic oxidation sites excluding steroid dienone is 1. The first kappa shape index (κ1) is 33.9. The molecule has 0 saturated heterocycles. The zero-order valence-corrected chi connectivity index (χ0v) is 26.2. The summed E-state index contributed by atoms with van der Waals surface area (Å²) in [4.78, 5) is 46.2. The average Bonchev–Trinajstić information content (AvgIpc) is 3.06. The Morgan fingerprint density at radius 1 is 0.681 bits per heavy atom. The number of esters is 1. The summed E-state index contributed by atoms with van der Waals surface area (Å²) in [6.45, 7) is 9.93. The van der Waals surface area contributed by atoms with E-state index in [9.17, 15) is 24.3 Å². The van der Waals surface area contributed by atoms with Crippen molar-refractivity contribution in [3.8, 4) is 33.8 Å². The molecule has 2 aromatic heterocycles. The van der Waals surface area contributed by atoms with Crippen LogP contribution in [0, 0.1) is 0 Å². The monoisotopic (exact) mass is 648 g/mol. The van der Waals surface area contributed by atoms with Crippen LogP contribution in [0.1, 0.15) is 13.8 Å². The normalized spacial score (nSPS) is 10.2. The summed E-state index contributed by atoms with van der Waals surface area (Å²) in [5, 5.41) is 9.78.